The number of halogens is 1. The van der Waals surface area contributed by atoms with Crippen LogP contribution in [0.3, 0.4) is 0 Å². The van der Waals surface area contributed by atoms with Gasteiger partial charge in [-0.1, -0.05) is 17.8 Å². The van der Waals surface area contributed by atoms with Crippen LogP contribution in [0.15, 0.2) is 42.1 Å². The molecule has 0 unspecified atom stereocenters. The van der Waals surface area contributed by atoms with Gasteiger partial charge in [0.1, 0.15) is 5.82 Å². The Morgan fingerprint density at radius 2 is 1.93 bits per heavy atom. The molecule has 1 atom stereocenters. The lowest BCUT2D eigenvalue weighted by Crippen LogP contribution is -2.49. The van der Waals surface area contributed by atoms with Gasteiger partial charge in [0.25, 0.3) is 0 Å². The van der Waals surface area contributed by atoms with Gasteiger partial charge in [-0.25, -0.2) is 9.18 Å². The normalized spacial score (nSPS) is 12.3. The summed E-state index contributed by atoms with van der Waals surface area (Å²) in [5.74, 6) is -0.240. The maximum absolute atomic E-state index is 13.2. The van der Waals surface area contributed by atoms with E-state index < -0.39 is 22.7 Å². The molecule has 0 aliphatic rings. The molecule has 3 amide bonds. The summed E-state index contributed by atoms with van der Waals surface area (Å²) in [4.78, 5) is 24.2. The first-order valence-electron chi connectivity index (χ1n) is 8.70. The van der Waals surface area contributed by atoms with Crippen LogP contribution in [0, 0.1) is 5.82 Å². The maximum Gasteiger partial charge on any atom is 0.321 e. The Hall–Kier alpha value is -2.68. The predicted octanol–water partition coefficient (Wildman–Crippen LogP) is 3.38. The fourth-order valence-electron chi connectivity index (χ4n) is 2.28. The van der Waals surface area contributed by atoms with E-state index in [1.54, 1.807) is 29.7 Å². The van der Waals surface area contributed by atoms with Gasteiger partial charge in [-0.05, 0) is 52.0 Å². The standard InChI is InChI=1S/C19H24FN5O2S/c1-6-11-25-15(13-7-9-14(20)10-8-13)23-24-18(25)28-12(2)16(26)21-17(27)22-19(3,4)5/h6-10,12H,1,11H2,2-5H3,(H2,21,22,26,27)/t12-/m1/s1. The molecule has 0 saturated carbocycles. The van der Waals surface area contributed by atoms with Crippen molar-refractivity contribution in [2.45, 2.75) is 50.2 Å². The Bertz CT molecular complexity index is 858. The van der Waals surface area contributed by atoms with Crippen LogP contribution in [0.5, 0.6) is 0 Å². The van der Waals surface area contributed by atoms with Crippen molar-refractivity contribution in [1.29, 1.82) is 0 Å². The van der Waals surface area contributed by atoms with Crippen LogP contribution in [0.1, 0.15) is 27.7 Å². The number of allylic oxidation sites excluding steroid dienone is 1. The van der Waals surface area contributed by atoms with E-state index in [0.29, 0.717) is 23.1 Å². The molecule has 0 bridgehead atoms. The molecule has 7 nitrogen and oxygen atoms in total. The second kappa shape index (κ2) is 9.01. The van der Waals surface area contributed by atoms with Gasteiger partial charge in [0, 0.05) is 17.6 Å². The number of aromatic nitrogens is 3. The molecule has 28 heavy (non-hydrogen) atoms. The highest BCUT2D eigenvalue weighted by Crippen LogP contribution is 2.27. The molecule has 0 saturated heterocycles. The smallest absolute Gasteiger partial charge is 0.321 e. The first-order chi connectivity index (χ1) is 13.1. The zero-order valence-electron chi connectivity index (χ0n) is 16.3. The molecule has 2 N–H and O–H groups in total. The van der Waals surface area contributed by atoms with Crippen LogP contribution >= 0.6 is 11.8 Å². The summed E-state index contributed by atoms with van der Waals surface area (Å²) >= 11 is 1.17. The molecule has 2 aromatic rings. The molecule has 0 radical (unpaired) electrons. The molecule has 9 heteroatoms. The summed E-state index contributed by atoms with van der Waals surface area (Å²) in [5.41, 5.74) is 0.249. The lowest BCUT2D eigenvalue weighted by molar-refractivity contribution is -0.119. The molecule has 0 aliphatic heterocycles. The van der Waals surface area contributed by atoms with E-state index in [0.717, 1.165) is 0 Å². The van der Waals surface area contributed by atoms with Crippen molar-refractivity contribution in [2.24, 2.45) is 0 Å². The number of amides is 3. The molecule has 1 aromatic carbocycles. The van der Waals surface area contributed by atoms with Crippen molar-refractivity contribution < 1.29 is 14.0 Å². The van der Waals surface area contributed by atoms with Crippen LogP contribution in [-0.2, 0) is 11.3 Å². The number of hydrogen-bond acceptors (Lipinski definition) is 5. The van der Waals surface area contributed by atoms with Crippen LogP contribution < -0.4 is 10.6 Å². The highest BCUT2D eigenvalue weighted by atomic mass is 32.2. The molecule has 0 spiro atoms. The maximum atomic E-state index is 13.2. The fourth-order valence-corrected chi connectivity index (χ4v) is 3.14. The van der Waals surface area contributed by atoms with Crippen molar-refractivity contribution in [3.05, 3.63) is 42.7 Å². The summed E-state index contributed by atoms with van der Waals surface area (Å²) in [6, 6.07) is 5.36. The summed E-state index contributed by atoms with van der Waals surface area (Å²) in [7, 11) is 0. The van der Waals surface area contributed by atoms with Gasteiger partial charge in [0.15, 0.2) is 11.0 Å². The second-order valence-electron chi connectivity index (χ2n) is 7.17. The minimum Gasteiger partial charge on any atom is -0.333 e. The molecule has 1 heterocycles. The van der Waals surface area contributed by atoms with E-state index >= 15 is 0 Å². The van der Waals surface area contributed by atoms with Crippen molar-refractivity contribution in [3.8, 4) is 11.4 Å². The Balaban J connectivity index is 2.14. The number of rotatable bonds is 6. The quantitative estimate of drug-likeness (QED) is 0.568. The van der Waals surface area contributed by atoms with Crippen LogP contribution in [-0.4, -0.2) is 37.5 Å². The molecule has 1 aromatic heterocycles. The summed E-state index contributed by atoms with van der Waals surface area (Å²) in [5, 5.41) is 13.2. The minimum absolute atomic E-state index is 0.341. The molecule has 0 aliphatic carbocycles. The van der Waals surface area contributed by atoms with Crippen LogP contribution in [0.25, 0.3) is 11.4 Å². The van der Waals surface area contributed by atoms with Gasteiger partial charge in [-0.2, -0.15) is 0 Å². The molecule has 150 valence electrons. The van der Waals surface area contributed by atoms with Crippen molar-refractivity contribution in [2.75, 3.05) is 0 Å². The summed E-state index contributed by atoms with van der Waals surface area (Å²) in [6.45, 7) is 11.3. The van der Waals surface area contributed by atoms with E-state index in [1.807, 2.05) is 20.8 Å². The summed E-state index contributed by atoms with van der Waals surface area (Å²) in [6.07, 6.45) is 1.68. The molecule has 0 fully saturated rings. The Labute approximate surface area is 167 Å². The van der Waals surface area contributed by atoms with Gasteiger partial charge in [0.2, 0.25) is 5.91 Å². The Morgan fingerprint density at radius 1 is 1.29 bits per heavy atom. The van der Waals surface area contributed by atoms with Gasteiger partial charge >= 0.3 is 6.03 Å². The Kier molecular flexibility index (Phi) is 6.95. The average Bonchev–Trinajstić information content (AvgIpc) is 2.96. The number of thioether (sulfide) groups is 1. The molecular formula is C19H24FN5O2S. The van der Waals surface area contributed by atoms with Gasteiger partial charge in [-0.3, -0.25) is 14.7 Å². The van der Waals surface area contributed by atoms with Crippen molar-refractivity contribution in [1.82, 2.24) is 25.4 Å². The number of carbonyl (C=O) groups excluding carboxylic acids is 2. The number of nitrogens with one attached hydrogen (secondary N) is 2. The summed E-state index contributed by atoms with van der Waals surface area (Å²) < 4.78 is 15.0. The first-order valence-corrected chi connectivity index (χ1v) is 9.58. The van der Waals surface area contributed by atoms with E-state index in [1.165, 1.54) is 23.9 Å². The third-order valence-electron chi connectivity index (χ3n) is 3.51. The number of imide groups is 1. The zero-order valence-corrected chi connectivity index (χ0v) is 17.1. The lowest BCUT2D eigenvalue weighted by Gasteiger charge is -2.21. The fraction of sp³-hybridized carbons (Fsp3) is 0.368. The number of nitrogens with zero attached hydrogens (tertiary/aromatic N) is 3. The zero-order chi connectivity index (χ0) is 20.9. The minimum atomic E-state index is -0.584. The SMILES string of the molecule is C=CCn1c(S[C@H](C)C(=O)NC(=O)NC(C)(C)C)nnc1-c1ccc(F)cc1. The first kappa shape index (κ1) is 21.6. The van der Waals surface area contributed by atoms with Gasteiger partial charge in [-0.15, -0.1) is 16.8 Å². The second-order valence-corrected chi connectivity index (χ2v) is 8.47. The largest absolute Gasteiger partial charge is 0.333 e. The average molecular weight is 405 g/mol. The van der Waals surface area contributed by atoms with Crippen molar-refractivity contribution in [3.63, 3.8) is 0 Å². The number of hydrogen-bond donors (Lipinski definition) is 2. The Morgan fingerprint density at radius 3 is 2.50 bits per heavy atom. The van der Waals surface area contributed by atoms with E-state index in [2.05, 4.69) is 27.4 Å². The lowest BCUT2D eigenvalue weighted by atomic mass is 10.1. The van der Waals surface area contributed by atoms with Crippen LogP contribution in [0.4, 0.5) is 9.18 Å². The van der Waals surface area contributed by atoms with E-state index in [4.69, 9.17) is 0 Å². The highest BCUT2D eigenvalue weighted by molar-refractivity contribution is 8.00. The van der Waals surface area contributed by atoms with Crippen molar-refractivity contribution >= 4 is 23.7 Å². The number of urea groups is 1. The third kappa shape index (κ3) is 5.91. The molecular weight excluding hydrogens is 381 g/mol. The molecule has 2 rings (SSSR count). The monoisotopic (exact) mass is 405 g/mol. The highest BCUT2D eigenvalue weighted by Gasteiger charge is 2.23. The van der Waals surface area contributed by atoms with E-state index in [9.17, 15) is 14.0 Å². The van der Waals surface area contributed by atoms with E-state index in [-0.39, 0.29) is 5.82 Å². The predicted molar refractivity (Wildman–Crippen MR) is 107 cm³/mol. The third-order valence-corrected chi connectivity index (χ3v) is 4.59. The van der Waals surface area contributed by atoms with Gasteiger partial charge < -0.3 is 5.32 Å². The van der Waals surface area contributed by atoms with Crippen LogP contribution in [0.2, 0.25) is 0 Å². The number of carbonyl (C=O) groups is 2. The van der Waals surface area contributed by atoms with Gasteiger partial charge in [0.05, 0.1) is 5.25 Å². The topological polar surface area (TPSA) is 88.9 Å². The number of benzene rings is 1.